The number of fused-ring (bicyclic) bond motifs is 1. The number of imidazole rings is 1. The van der Waals surface area contributed by atoms with Gasteiger partial charge >= 0.3 is 5.69 Å². The van der Waals surface area contributed by atoms with E-state index in [2.05, 4.69) is 9.97 Å². The first-order chi connectivity index (χ1) is 10.5. The third-order valence-corrected chi connectivity index (χ3v) is 4.16. The standard InChI is InChI=1S/C13H18N4O4S/c1-4-21-6-5-17-9-10(14-13(17)22-7-8(2)18)16(3)12(20)15-11(9)19/h4-7H2,1-3H3,(H,15,19,20). The number of hydrogen-bond acceptors (Lipinski definition) is 6. The summed E-state index contributed by atoms with van der Waals surface area (Å²) in [6, 6.07) is 0. The predicted molar refractivity (Wildman–Crippen MR) is 83.5 cm³/mol. The Morgan fingerprint density at radius 3 is 2.77 bits per heavy atom. The van der Waals surface area contributed by atoms with Crippen LogP contribution in [0.4, 0.5) is 0 Å². The van der Waals surface area contributed by atoms with Gasteiger partial charge in [0.15, 0.2) is 16.3 Å². The van der Waals surface area contributed by atoms with E-state index in [-0.39, 0.29) is 11.5 Å². The molecule has 0 bridgehead atoms. The average molecular weight is 326 g/mol. The van der Waals surface area contributed by atoms with E-state index in [1.807, 2.05) is 6.92 Å². The van der Waals surface area contributed by atoms with Crippen LogP contribution in [0.25, 0.3) is 11.2 Å². The summed E-state index contributed by atoms with van der Waals surface area (Å²) in [6.45, 7) is 4.78. The van der Waals surface area contributed by atoms with Crippen molar-refractivity contribution in [1.82, 2.24) is 19.1 Å². The Kier molecular flexibility index (Phi) is 5.19. The molecule has 120 valence electrons. The first-order valence-electron chi connectivity index (χ1n) is 6.85. The number of nitrogens with one attached hydrogen (secondary N) is 1. The van der Waals surface area contributed by atoms with Crippen LogP contribution in [0.1, 0.15) is 13.8 Å². The summed E-state index contributed by atoms with van der Waals surface area (Å²) in [7, 11) is 1.54. The Hall–Kier alpha value is -1.87. The largest absolute Gasteiger partial charge is 0.380 e. The second-order valence-corrected chi connectivity index (χ2v) is 5.67. The van der Waals surface area contributed by atoms with Gasteiger partial charge in [-0.3, -0.25) is 19.1 Å². The molecule has 0 atom stereocenters. The summed E-state index contributed by atoms with van der Waals surface area (Å²) in [6.07, 6.45) is 0. The number of aromatic nitrogens is 4. The summed E-state index contributed by atoms with van der Waals surface area (Å²) in [4.78, 5) is 41.6. The van der Waals surface area contributed by atoms with Crippen LogP contribution < -0.4 is 11.2 Å². The first-order valence-corrected chi connectivity index (χ1v) is 7.83. The van der Waals surface area contributed by atoms with Crippen molar-refractivity contribution in [2.75, 3.05) is 19.0 Å². The molecule has 0 saturated carbocycles. The van der Waals surface area contributed by atoms with Crippen molar-refractivity contribution in [2.45, 2.75) is 25.5 Å². The van der Waals surface area contributed by atoms with E-state index >= 15 is 0 Å². The molecule has 9 heteroatoms. The van der Waals surface area contributed by atoms with Gasteiger partial charge in [-0.05, 0) is 13.8 Å². The molecule has 0 aromatic carbocycles. The van der Waals surface area contributed by atoms with Crippen LogP contribution in [0.2, 0.25) is 0 Å². The fourth-order valence-electron chi connectivity index (χ4n) is 2.00. The van der Waals surface area contributed by atoms with Gasteiger partial charge in [-0.25, -0.2) is 9.78 Å². The zero-order valence-corrected chi connectivity index (χ0v) is 13.5. The number of ether oxygens (including phenoxy) is 1. The van der Waals surface area contributed by atoms with E-state index in [9.17, 15) is 14.4 Å². The van der Waals surface area contributed by atoms with Crippen LogP contribution in [-0.2, 0) is 23.1 Å². The van der Waals surface area contributed by atoms with Crippen LogP contribution in [0, 0.1) is 0 Å². The maximum atomic E-state index is 12.1. The van der Waals surface area contributed by atoms with Crippen molar-refractivity contribution >= 4 is 28.7 Å². The van der Waals surface area contributed by atoms with Gasteiger partial charge < -0.3 is 9.30 Å². The number of Topliss-reactive ketones (excluding diaryl/α,β-unsaturated/α-hetero) is 1. The monoisotopic (exact) mass is 326 g/mol. The van der Waals surface area contributed by atoms with E-state index in [4.69, 9.17) is 4.74 Å². The third-order valence-electron chi connectivity index (χ3n) is 3.04. The van der Waals surface area contributed by atoms with Crippen molar-refractivity contribution in [3.63, 3.8) is 0 Å². The average Bonchev–Trinajstić information content (AvgIpc) is 2.82. The van der Waals surface area contributed by atoms with Gasteiger partial charge in [0.05, 0.1) is 12.4 Å². The highest BCUT2D eigenvalue weighted by Crippen LogP contribution is 2.21. The van der Waals surface area contributed by atoms with Gasteiger partial charge in [0.1, 0.15) is 5.78 Å². The summed E-state index contributed by atoms with van der Waals surface area (Å²) in [5, 5.41) is 0.525. The minimum atomic E-state index is -0.518. The Morgan fingerprint density at radius 1 is 1.41 bits per heavy atom. The van der Waals surface area contributed by atoms with Gasteiger partial charge in [-0.1, -0.05) is 11.8 Å². The van der Waals surface area contributed by atoms with Crippen molar-refractivity contribution in [3.8, 4) is 0 Å². The number of aryl methyl sites for hydroxylation is 1. The van der Waals surface area contributed by atoms with Gasteiger partial charge in [-0.15, -0.1) is 0 Å². The van der Waals surface area contributed by atoms with E-state index in [1.165, 1.54) is 23.3 Å². The van der Waals surface area contributed by atoms with Gasteiger partial charge in [-0.2, -0.15) is 0 Å². The number of aromatic amines is 1. The molecular weight excluding hydrogens is 308 g/mol. The molecule has 0 aliphatic heterocycles. The summed E-state index contributed by atoms with van der Waals surface area (Å²) in [5.74, 6) is 0.264. The third kappa shape index (κ3) is 3.30. The number of rotatable bonds is 7. The van der Waals surface area contributed by atoms with E-state index < -0.39 is 11.2 Å². The Morgan fingerprint density at radius 2 is 2.14 bits per heavy atom. The first kappa shape index (κ1) is 16.5. The minimum absolute atomic E-state index is 0.0104. The van der Waals surface area contributed by atoms with Crippen LogP contribution in [0.5, 0.6) is 0 Å². The SMILES string of the molecule is CCOCCn1c(SCC(C)=O)nc2c1c(=O)[nH]c(=O)n2C. The zero-order valence-electron chi connectivity index (χ0n) is 12.7. The number of nitrogens with zero attached hydrogens (tertiary/aromatic N) is 3. The lowest BCUT2D eigenvalue weighted by Crippen LogP contribution is -2.29. The molecule has 1 N–H and O–H groups in total. The predicted octanol–water partition coefficient (Wildman–Crippen LogP) is 0.141. The smallest absolute Gasteiger partial charge is 0.329 e. The van der Waals surface area contributed by atoms with Crippen LogP contribution in [0.3, 0.4) is 0 Å². The number of ketones is 1. The van der Waals surface area contributed by atoms with E-state index in [0.717, 1.165) is 0 Å². The maximum absolute atomic E-state index is 12.1. The maximum Gasteiger partial charge on any atom is 0.329 e. The molecule has 22 heavy (non-hydrogen) atoms. The molecular formula is C13H18N4O4S. The Balaban J connectivity index is 2.56. The fraction of sp³-hybridized carbons (Fsp3) is 0.538. The van der Waals surface area contributed by atoms with Crippen molar-refractivity contribution in [1.29, 1.82) is 0 Å². The van der Waals surface area contributed by atoms with Crippen LogP contribution in [0.15, 0.2) is 14.7 Å². The molecule has 2 aromatic rings. The highest BCUT2D eigenvalue weighted by Gasteiger charge is 2.17. The number of H-pyrrole nitrogens is 1. The van der Waals surface area contributed by atoms with Crippen LogP contribution >= 0.6 is 11.8 Å². The second-order valence-electron chi connectivity index (χ2n) is 4.72. The molecule has 0 spiro atoms. The van der Waals surface area contributed by atoms with Crippen LogP contribution in [-0.4, -0.2) is 43.9 Å². The minimum Gasteiger partial charge on any atom is -0.380 e. The van der Waals surface area contributed by atoms with Gasteiger partial charge in [0.2, 0.25) is 0 Å². The lowest BCUT2D eigenvalue weighted by atomic mass is 10.5. The molecule has 0 radical (unpaired) electrons. The molecule has 0 aliphatic carbocycles. The molecule has 0 unspecified atom stereocenters. The second kappa shape index (κ2) is 6.93. The molecule has 2 rings (SSSR count). The molecule has 0 fully saturated rings. The molecule has 8 nitrogen and oxygen atoms in total. The van der Waals surface area contributed by atoms with Crippen molar-refractivity contribution < 1.29 is 9.53 Å². The number of thioether (sulfide) groups is 1. The molecule has 2 heterocycles. The molecule has 2 aromatic heterocycles. The van der Waals surface area contributed by atoms with Gasteiger partial charge in [0, 0.05) is 20.2 Å². The normalized spacial score (nSPS) is 11.2. The summed E-state index contributed by atoms with van der Waals surface area (Å²) in [5.41, 5.74) is -0.393. The molecule has 0 amide bonds. The fourth-order valence-corrected chi connectivity index (χ4v) is 2.82. The lowest BCUT2D eigenvalue weighted by molar-refractivity contribution is -0.114. The van der Waals surface area contributed by atoms with Crippen molar-refractivity contribution in [2.24, 2.45) is 7.05 Å². The number of hydrogen-bond donors (Lipinski definition) is 1. The highest BCUT2D eigenvalue weighted by molar-refractivity contribution is 7.99. The summed E-state index contributed by atoms with van der Waals surface area (Å²) < 4.78 is 8.30. The van der Waals surface area contributed by atoms with E-state index in [1.54, 1.807) is 11.6 Å². The van der Waals surface area contributed by atoms with E-state index in [0.29, 0.717) is 36.1 Å². The molecule has 0 aliphatic rings. The topological polar surface area (TPSA) is 99.0 Å². The zero-order chi connectivity index (χ0) is 16.3. The Labute approximate surface area is 130 Å². The number of carbonyl (C=O) groups excluding carboxylic acids is 1. The lowest BCUT2D eigenvalue weighted by Gasteiger charge is -2.07. The highest BCUT2D eigenvalue weighted by atomic mass is 32.2. The Bertz CT molecular complexity index is 805. The molecule has 0 saturated heterocycles. The number of carbonyl (C=O) groups is 1. The quantitative estimate of drug-likeness (QED) is 0.574. The van der Waals surface area contributed by atoms with Crippen molar-refractivity contribution in [3.05, 3.63) is 20.8 Å². The summed E-state index contributed by atoms with van der Waals surface area (Å²) >= 11 is 1.24. The van der Waals surface area contributed by atoms with Gasteiger partial charge in [0.25, 0.3) is 5.56 Å².